The third-order valence-electron chi connectivity index (χ3n) is 5.74. The average Bonchev–Trinajstić information content (AvgIpc) is 3.02. The molecule has 0 saturated carbocycles. The van der Waals surface area contributed by atoms with E-state index in [0.717, 1.165) is 22.8 Å². The lowest BCUT2D eigenvalue weighted by Gasteiger charge is -2.36. The third kappa shape index (κ3) is 5.26. The zero-order valence-electron chi connectivity index (χ0n) is 20.2. The molecule has 3 aromatic heterocycles. The molecule has 8 heteroatoms. The van der Waals surface area contributed by atoms with Crippen LogP contribution in [0.5, 0.6) is 0 Å². The number of aryl methyl sites for hydroxylation is 2. The predicted octanol–water partition coefficient (Wildman–Crippen LogP) is 6.42. The number of allylic oxidation sites excluding steroid dienone is 1. The SMILES string of the molecule is Cc1cn(C)c2nc(CN(/C(=C/C#N)N(C)c3cc(Cl)nc(Cl)c3)C(C)C)cc(C(C)C)c12. The van der Waals surface area contributed by atoms with Gasteiger partial charge in [0.15, 0.2) is 0 Å². The fourth-order valence-electron chi connectivity index (χ4n) is 4.13. The summed E-state index contributed by atoms with van der Waals surface area (Å²) in [4.78, 5) is 13.1. The van der Waals surface area contributed by atoms with Crippen LogP contribution in [0, 0.1) is 18.3 Å². The lowest BCUT2D eigenvalue weighted by Crippen LogP contribution is -2.37. The summed E-state index contributed by atoms with van der Waals surface area (Å²) < 4.78 is 2.08. The Hall–Kier alpha value is -2.75. The number of aromatic nitrogens is 3. The number of fused-ring (bicyclic) bond motifs is 1. The monoisotopic (exact) mass is 484 g/mol. The minimum absolute atomic E-state index is 0.106. The molecule has 0 aliphatic heterocycles. The van der Waals surface area contributed by atoms with Crippen molar-refractivity contribution in [3.05, 3.63) is 63.4 Å². The van der Waals surface area contributed by atoms with Crippen molar-refractivity contribution >= 4 is 39.9 Å². The number of nitrogens with zero attached hydrogens (tertiary/aromatic N) is 6. The van der Waals surface area contributed by atoms with E-state index >= 15 is 0 Å². The summed E-state index contributed by atoms with van der Waals surface area (Å²) in [6.07, 6.45) is 3.66. The summed E-state index contributed by atoms with van der Waals surface area (Å²) in [6.45, 7) is 11.3. The van der Waals surface area contributed by atoms with E-state index in [1.807, 2.05) is 19.0 Å². The fraction of sp³-hybridized carbons (Fsp3) is 0.400. The van der Waals surface area contributed by atoms with E-state index in [0.29, 0.717) is 22.8 Å². The van der Waals surface area contributed by atoms with Gasteiger partial charge >= 0.3 is 0 Å². The highest BCUT2D eigenvalue weighted by atomic mass is 35.5. The molecule has 0 aromatic carbocycles. The lowest BCUT2D eigenvalue weighted by atomic mass is 9.98. The Kier molecular flexibility index (Phi) is 7.56. The van der Waals surface area contributed by atoms with Crippen molar-refractivity contribution in [1.82, 2.24) is 19.4 Å². The van der Waals surface area contributed by atoms with Crippen LogP contribution in [0.15, 0.2) is 36.3 Å². The van der Waals surface area contributed by atoms with E-state index in [9.17, 15) is 5.26 Å². The maximum atomic E-state index is 9.57. The van der Waals surface area contributed by atoms with Crippen molar-refractivity contribution in [2.24, 2.45) is 7.05 Å². The molecular weight excluding hydrogens is 455 g/mol. The summed E-state index contributed by atoms with van der Waals surface area (Å²) in [5.41, 5.74) is 5.18. The van der Waals surface area contributed by atoms with Crippen LogP contribution < -0.4 is 4.90 Å². The smallest absolute Gasteiger partial charge is 0.140 e. The summed E-state index contributed by atoms with van der Waals surface area (Å²) in [6, 6.07) is 7.94. The predicted molar refractivity (Wildman–Crippen MR) is 137 cm³/mol. The summed E-state index contributed by atoms with van der Waals surface area (Å²) >= 11 is 12.3. The second-order valence-corrected chi connectivity index (χ2v) is 9.64. The summed E-state index contributed by atoms with van der Waals surface area (Å²) in [5, 5.41) is 11.4. The Balaban J connectivity index is 2.08. The average molecular weight is 485 g/mol. The van der Waals surface area contributed by atoms with E-state index in [1.54, 1.807) is 12.1 Å². The van der Waals surface area contributed by atoms with E-state index in [-0.39, 0.29) is 6.04 Å². The molecule has 0 saturated heterocycles. The first-order chi connectivity index (χ1) is 15.5. The number of rotatable bonds is 7. The minimum atomic E-state index is 0.106. The zero-order valence-corrected chi connectivity index (χ0v) is 21.7. The van der Waals surface area contributed by atoms with Gasteiger partial charge in [-0.1, -0.05) is 37.0 Å². The Morgan fingerprint density at radius 1 is 1.15 bits per heavy atom. The molecule has 174 valence electrons. The number of anilines is 1. The second kappa shape index (κ2) is 10.0. The van der Waals surface area contributed by atoms with Crippen LogP contribution in [0.4, 0.5) is 5.69 Å². The largest absolute Gasteiger partial charge is 0.349 e. The molecule has 6 nitrogen and oxygen atoms in total. The van der Waals surface area contributed by atoms with Crippen LogP contribution >= 0.6 is 23.2 Å². The van der Waals surface area contributed by atoms with Crippen molar-refractivity contribution in [2.45, 2.75) is 53.1 Å². The van der Waals surface area contributed by atoms with Gasteiger partial charge in [-0.2, -0.15) is 5.26 Å². The molecule has 3 rings (SSSR count). The molecule has 0 bridgehead atoms. The third-order valence-corrected chi connectivity index (χ3v) is 6.13. The maximum absolute atomic E-state index is 9.57. The topological polar surface area (TPSA) is 61.0 Å². The molecule has 0 radical (unpaired) electrons. The normalized spacial score (nSPS) is 12.0. The first-order valence-corrected chi connectivity index (χ1v) is 11.7. The van der Waals surface area contributed by atoms with E-state index < -0.39 is 0 Å². The van der Waals surface area contributed by atoms with Crippen LogP contribution in [-0.4, -0.2) is 32.5 Å². The Morgan fingerprint density at radius 3 is 2.33 bits per heavy atom. The second-order valence-electron chi connectivity index (χ2n) is 8.86. The van der Waals surface area contributed by atoms with Gasteiger partial charge in [-0.3, -0.25) is 0 Å². The molecule has 0 aliphatic rings. The highest BCUT2D eigenvalue weighted by Gasteiger charge is 2.22. The number of hydrogen-bond donors (Lipinski definition) is 0. The van der Waals surface area contributed by atoms with Crippen molar-refractivity contribution in [3.8, 4) is 6.07 Å². The fourth-order valence-corrected chi connectivity index (χ4v) is 4.58. The first-order valence-electron chi connectivity index (χ1n) is 10.9. The minimum Gasteiger partial charge on any atom is -0.349 e. The van der Waals surface area contributed by atoms with Gasteiger partial charge in [0.1, 0.15) is 21.8 Å². The Labute approximate surface area is 206 Å². The lowest BCUT2D eigenvalue weighted by molar-refractivity contribution is 0.267. The number of nitriles is 1. The van der Waals surface area contributed by atoms with E-state index in [1.165, 1.54) is 22.6 Å². The molecule has 0 aliphatic carbocycles. The van der Waals surface area contributed by atoms with Gasteiger partial charge in [-0.15, -0.1) is 0 Å². The number of halogens is 2. The van der Waals surface area contributed by atoms with Crippen molar-refractivity contribution < 1.29 is 0 Å². The summed E-state index contributed by atoms with van der Waals surface area (Å²) in [7, 11) is 3.92. The molecule has 0 spiro atoms. The van der Waals surface area contributed by atoms with E-state index in [2.05, 4.69) is 67.4 Å². The van der Waals surface area contributed by atoms with Gasteiger partial charge in [0.2, 0.25) is 0 Å². The standard InChI is InChI=1S/C25H30Cl2N6/c1-15(2)20-10-18(29-25-24(20)17(5)13-31(25)6)14-33(16(3)4)23(8-9-28)32(7)19-11-21(26)30-22(27)12-19/h8,10-13,15-16H,14H2,1-7H3/b23-8+. The maximum Gasteiger partial charge on any atom is 0.140 e. The number of hydrogen-bond acceptors (Lipinski definition) is 5. The van der Waals surface area contributed by atoms with Crippen molar-refractivity contribution in [2.75, 3.05) is 11.9 Å². The van der Waals surface area contributed by atoms with Crippen LogP contribution in [-0.2, 0) is 13.6 Å². The van der Waals surface area contributed by atoms with E-state index in [4.69, 9.17) is 28.2 Å². The molecular formula is C25H30Cl2N6. The first kappa shape index (κ1) is 24.9. The zero-order chi connectivity index (χ0) is 24.4. The quantitative estimate of drug-likeness (QED) is 0.286. The van der Waals surface area contributed by atoms with Gasteiger partial charge in [-0.05, 0) is 56.0 Å². The highest BCUT2D eigenvalue weighted by molar-refractivity contribution is 6.32. The van der Waals surface area contributed by atoms with Crippen LogP contribution in [0.2, 0.25) is 10.3 Å². The van der Waals surface area contributed by atoms with Gasteiger partial charge < -0.3 is 14.4 Å². The van der Waals surface area contributed by atoms with Gasteiger partial charge in [-0.25, -0.2) is 9.97 Å². The van der Waals surface area contributed by atoms with Crippen LogP contribution in [0.25, 0.3) is 11.0 Å². The molecule has 3 aromatic rings. The Bertz CT molecular complexity index is 1220. The van der Waals surface area contributed by atoms with Crippen LogP contribution in [0.3, 0.4) is 0 Å². The molecule has 0 fully saturated rings. The molecule has 33 heavy (non-hydrogen) atoms. The van der Waals surface area contributed by atoms with Gasteiger partial charge in [0, 0.05) is 37.4 Å². The van der Waals surface area contributed by atoms with Crippen molar-refractivity contribution in [3.63, 3.8) is 0 Å². The molecule has 0 unspecified atom stereocenters. The number of pyridine rings is 2. The van der Waals surface area contributed by atoms with Crippen molar-refractivity contribution in [1.29, 1.82) is 5.26 Å². The molecule has 0 atom stereocenters. The highest BCUT2D eigenvalue weighted by Crippen LogP contribution is 2.31. The van der Waals surface area contributed by atoms with Gasteiger partial charge in [0.25, 0.3) is 0 Å². The molecule has 3 heterocycles. The molecule has 0 N–H and O–H groups in total. The molecule has 0 amide bonds. The van der Waals surface area contributed by atoms with Gasteiger partial charge in [0.05, 0.1) is 24.4 Å². The Morgan fingerprint density at radius 2 is 1.79 bits per heavy atom. The summed E-state index contributed by atoms with van der Waals surface area (Å²) in [5.74, 6) is 1.09. The van der Waals surface area contributed by atoms with Crippen LogP contribution in [0.1, 0.15) is 50.4 Å².